The fraction of sp³-hybridized carbons (Fsp3) is 0.308. The van der Waals surface area contributed by atoms with E-state index in [4.69, 9.17) is 9.47 Å². The van der Waals surface area contributed by atoms with Crippen molar-refractivity contribution in [2.75, 3.05) is 37.8 Å². The molecule has 0 spiro atoms. The summed E-state index contributed by atoms with van der Waals surface area (Å²) in [7, 11) is 0. The van der Waals surface area contributed by atoms with Crippen LogP contribution in [0.5, 0.6) is 5.75 Å². The molecule has 2 saturated heterocycles. The predicted molar refractivity (Wildman–Crippen MR) is 145 cm³/mol. The van der Waals surface area contributed by atoms with Crippen LogP contribution in [0.4, 0.5) is 11.4 Å². The average molecular weight is 583 g/mol. The number of thioether (sulfide) groups is 1. The van der Waals surface area contributed by atoms with Crippen LogP contribution >= 0.6 is 23.1 Å². The molecule has 3 aliphatic heterocycles. The molecule has 3 amide bonds. The molecule has 0 bridgehead atoms. The Balaban J connectivity index is 1.31. The minimum Gasteiger partial charge on any atom is -0.484 e. The molecule has 0 aliphatic carbocycles. The molecule has 14 heteroatoms. The highest BCUT2D eigenvalue weighted by Gasteiger charge is 2.56. The van der Waals surface area contributed by atoms with Gasteiger partial charge in [0.05, 0.1) is 34.8 Å². The highest BCUT2D eigenvalue weighted by Crippen LogP contribution is 2.53. The predicted octanol–water partition coefficient (Wildman–Crippen LogP) is 2.38. The Kier molecular flexibility index (Phi) is 6.90. The number of hydrogen-bond donors (Lipinski definition) is 1. The van der Waals surface area contributed by atoms with E-state index >= 15 is 0 Å². The monoisotopic (exact) mass is 582 g/mol. The number of H-pyrrole nitrogens is 1. The van der Waals surface area contributed by atoms with Gasteiger partial charge in [-0.2, -0.15) is 0 Å². The highest BCUT2D eigenvalue weighted by molar-refractivity contribution is 8.00. The maximum absolute atomic E-state index is 13.8. The summed E-state index contributed by atoms with van der Waals surface area (Å²) in [6, 6.07) is 12.2. The zero-order chi connectivity index (χ0) is 28.0. The zero-order valence-electron chi connectivity index (χ0n) is 20.8. The minimum atomic E-state index is -0.822. The average Bonchev–Trinajstić information content (AvgIpc) is 3.46. The third-order valence-corrected chi connectivity index (χ3v) is 9.49. The van der Waals surface area contributed by atoms with E-state index in [1.807, 2.05) is 0 Å². The summed E-state index contributed by atoms with van der Waals surface area (Å²) < 4.78 is 11.1. The van der Waals surface area contributed by atoms with Crippen LogP contribution in [0.1, 0.15) is 16.4 Å². The Morgan fingerprint density at radius 3 is 2.58 bits per heavy atom. The van der Waals surface area contributed by atoms with Crippen LogP contribution in [0.25, 0.3) is 0 Å². The lowest BCUT2D eigenvalue weighted by Gasteiger charge is -2.30. The maximum Gasteiger partial charge on any atom is 0.305 e. The van der Waals surface area contributed by atoms with E-state index in [1.54, 1.807) is 29.2 Å². The van der Waals surface area contributed by atoms with Crippen molar-refractivity contribution in [3.63, 3.8) is 0 Å². The van der Waals surface area contributed by atoms with Gasteiger partial charge in [-0.15, -0.1) is 0 Å². The number of amides is 3. The topological polar surface area (TPSA) is 152 Å². The molecular weight excluding hydrogens is 560 g/mol. The third-order valence-electron chi connectivity index (χ3n) is 7.09. The quantitative estimate of drug-likeness (QED) is 0.262. The number of non-ortho nitro benzene ring substituents is 1. The van der Waals surface area contributed by atoms with Crippen molar-refractivity contribution in [2.45, 2.75) is 16.2 Å². The molecular formula is C26H22N4O8S2. The molecule has 3 aromatic rings. The number of imide groups is 1. The number of carbonyl (C=O) groups excluding carboxylic acids is 3. The van der Waals surface area contributed by atoms with Crippen LogP contribution < -0.4 is 14.5 Å². The number of nitro groups is 1. The number of benzene rings is 2. The van der Waals surface area contributed by atoms with E-state index in [2.05, 4.69) is 4.98 Å². The molecule has 2 aromatic carbocycles. The lowest BCUT2D eigenvalue weighted by Crippen LogP contribution is -2.42. The molecule has 40 heavy (non-hydrogen) atoms. The van der Waals surface area contributed by atoms with Crippen molar-refractivity contribution < 1.29 is 28.8 Å². The van der Waals surface area contributed by atoms with Crippen molar-refractivity contribution >= 4 is 52.2 Å². The summed E-state index contributed by atoms with van der Waals surface area (Å²) in [5, 5.41) is 10.8. The minimum absolute atomic E-state index is 0.156. The number of nitrogens with zero attached hydrogens (tertiary/aromatic N) is 3. The number of nitro benzene ring substituents is 1. The number of morpholine rings is 1. The van der Waals surface area contributed by atoms with Crippen LogP contribution in [-0.2, 0) is 19.1 Å². The van der Waals surface area contributed by atoms with Gasteiger partial charge in [0.25, 0.3) is 11.6 Å². The number of anilines is 1. The number of ether oxygens (including phenoxy) is 2. The molecule has 2 fully saturated rings. The molecule has 3 aliphatic rings. The Morgan fingerprint density at radius 2 is 1.85 bits per heavy atom. The Hall–Kier alpha value is -4.01. The number of carbonyl (C=O) groups is 3. The third kappa shape index (κ3) is 4.67. The van der Waals surface area contributed by atoms with Gasteiger partial charge in [-0.1, -0.05) is 35.2 Å². The van der Waals surface area contributed by atoms with E-state index in [1.165, 1.54) is 24.3 Å². The normalized spacial score (nSPS) is 22.1. The van der Waals surface area contributed by atoms with Crippen molar-refractivity contribution in [3.05, 3.63) is 78.8 Å². The van der Waals surface area contributed by atoms with Crippen molar-refractivity contribution in [1.29, 1.82) is 0 Å². The SMILES string of the molecule is O=C(COc1cccc([C@@H]2c3sc(=O)[nH]c3S[C@H]3C(=O)N(c4ccc([N+](=O)[O-])cc4)C(=O)[C@@H]23)c1)N1CCOCC1. The van der Waals surface area contributed by atoms with Gasteiger partial charge in [0.2, 0.25) is 11.8 Å². The molecule has 206 valence electrons. The second kappa shape index (κ2) is 10.5. The molecule has 1 aromatic heterocycles. The molecule has 0 unspecified atom stereocenters. The second-order valence-electron chi connectivity index (χ2n) is 9.39. The van der Waals surface area contributed by atoms with Crippen LogP contribution in [0.2, 0.25) is 0 Å². The van der Waals surface area contributed by atoms with Gasteiger partial charge in [-0.3, -0.25) is 29.3 Å². The second-order valence-corrected chi connectivity index (χ2v) is 11.6. The van der Waals surface area contributed by atoms with Gasteiger partial charge in [0.1, 0.15) is 11.0 Å². The number of nitrogens with one attached hydrogen (secondary N) is 1. The van der Waals surface area contributed by atoms with E-state index in [0.717, 1.165) is 28.0 Å². The van der Waals surface area contributed by atoms with Crippen LogP contribution in [-0.4, -0.2) is 70.7 Å². The van der Waals surface area contributed by atoms with Crippen LogP contribution in [0.3, 0.4) is 0 Å². The summed E-state index contributed by atoms with van der Waals surface area (Å²) in [6.07, 6.45) is 0. The molecule has 6 rings (SSSR count). The van der Waals surface area contributed by atoms with Gasteiger partial charge in [0.15, 0.2) is 6.61 Å². The van der Waals surface area contributed by atoms with E-state index < -0.39 is 33.8 Å². The van der Waals surface area contributed by atoms with E-state index in [-0.39, 0.29) is 28.8 Å². The Labute approximate surface area is 235 Å². The molecule has 0 saturated carbocycles. The first kappa shape index (κ1) is 26.2. The van der Waals surface area contributed by atoms with Gasteiger partial charge in [-0.05, 0) is 29.8 Å². The van der Waals surface area contributed by atoms with Crippen LogP contribution in [0, 0.1) is 16.0 Å². The maximum atomic E-state index is 13.8. The smallest absolute Gasteiger partial charge is 0.305 e. The van der Waals surface area contributed by atoms with Crippen molar-refractivity contribution in [2.24, 2.45) is 5.92 Å². The molecule has 3 atom stereocenters. The standard InChI is InChI=1S/C26H22N4O8S2/c31-18(28-8-10-37-11-9-28)13-38-17-3-1-2-14(12-17)19-20-22(39-23-21(19)40-26(34)27-23)25(33)29(24(20)32)15-4-6-16(7-5-15)30(35)36/h1-7,12,19-20,22H,8-11,13H2,(H,27,34)/t19-,20-,22+/m0/s1. The number of thiazole rings is 1. The first-order chi connectivity index (χ1) is 19.3. The summed E-state index contributed by atoms with van der Waals surface area (Å²) in [4.78, 5) is 68.7. The summed E-state index contributed by atoms with van der Waals surface area (Å²) in [6.45, 7) is 1.80. The number of fused-ring (bicyclic) bond motifs is 2. The van der Waals surface area contributed by atoms with Crippen molar-refractivity contribution in [3.8, 4) is 5.75 Å². The lowest BCUT2D eigenvalue weighted by atomic mass is 9.83. The number of aromatic amines is 1. The van der Waals surface area contributed by atoms with Gasteiger partial charge in [-0.25, -0.2) is 4.90 Å². The summed E-state index contributed by atoms with van der Waals surface area (Å²) >= 11 is 2.13. The lowest BCUT2D eigenvalue weighted by molar-refractivity contribution is -0.384. The fourth-order valence-corrected chi connectivity index (χ4v) is 7.72. The summed E-state index contributed by atoms with van der Waals surface area (Å²) in [5.41, 5.74) is 0.746. The van der Waals surface area contributed by atoms with E-state index in [9.17, 15) is 29.3 Å². The largest absolute Gasteiger partial charge is 0.484 e. The number of aromatic nitrogens is 1. The Bertz CT molecular complexity index is 1560. The fourth-order valence-electron chi connectivity index (χ4n) is 5.20. The zero-order valence-corrected chi connectivity index (χ0v) is 22.4. The number of hydrogen-bond acceptors (Lipinski definition) is 10. The Morgan fingerprint density at radius 1 is 1.10 bits per heavy atom. The molecule has 1 N–H and O–H groups in total. The molecule has 12 nitrogen and oxygen atoms in total. The van der Waals surface area contributed by atoms with Gasteiger partial charge < -0.3 is 19.4 Å². The van der Waals surface area contributed by atoms with Crippen LogP contribution in [0.15, 0.2) is 58.4 Å². The van der Waals surface area contributed by atoms with E-state index in [0.29, 0.717) is 47.5 Å². The molecule has 0 radical (unpaired) electrons. The van der Waals surface area contributed by atoms with Gasteiger partial charge in [0, 0.05) is 36.0 Å². The van der Waals surface area contributed by atoms with Crippen molar-refractivity contribution in [1.82, 2.24) is 9.88 Å². The summed E-state index contributed by atoms with van der Waals surface area (Å²) in [5.74, 6) is -2.10. The first-order valence-corrected chi connectivity index (χ1v) is 14.1. The van der Waals surface area contributed by atoms with Gasteiger partial charge >= 0.3 is 4.87 Å². The highest BCUT2D eigenvalue weighted by atomic mass is 32.2. The number of rotatable bonds is 6. The molecule has 4 heterocycles. The first-order valence-electron chi connectivity index (χ1n) is 12.4.